The Labute approximate surface area is 126 Å². The number of methoxy groups -OCH3 is 1. The summed E-state index contributed by atoms with van der Waals surface area (Å²) >= 11 is 0. The topological polar surface area (TPSA) is 65.4 Å². The molecule has 0 heterocycles. The maximum absolute atomic E-state index is 11.9. The summed E-state index contributed by atoms with van der Waals surface area (Å²) in [5, 5.41) is 11.8. The van der Waals surface area contributed by atoms with Crippen LogP contribution in [0.5, 0.6) is 5.75 Å². The first-order chi connectivity index (χ1) is 10.0. The number of hydrogen-bond acceptors (Lipinski definition) is 4. The third-order valence-corrected chi connectivity index (χ3v) is 3.45. The molecule has 1 amide bonds. The average Bonchev–Trinajstić information content (AvgIpc) is 2.48. The number of nitriles is 1. The Bertz CT molecular complexity index is 508. The number of ether oxygens (including phenoxy) is 1. The number of amides is 1. The number of likely N-dealkylation sites (N-methyl/N-ethyl adjacent to an activating group) is 1. The second-order valence-corrected chi connectivity index (χ2v) is 5.09. The molecule has 0 aliphatic heterocycles. The van der Waals surface area contributed by atoms with Gasteiger partial charge in [0.25, 0.3) is 0 Å². The maximum Gasteiger partial charge on any atom is 0.237 e. The van der Waals surface area contributed by atoms with Gasteiger partial charge in [0.2, 0.25) is 5.91 Å². The molecule has 0 saturated carbocycles. The van der Waals surface area contributed by atoms with Crippen LogP contribution in [0, 0.1) is 17.2 Å². The molecule has 0 bridgehead atoms. The van der Waals surface area contributed by atoms with Crippen molar-refractivity contribution in [3.63, 3.8) is 0 Å². The van der Waals surface area contributed by atoms with E-state index >= 15 is 0 Å². The highest BCUT2D eigenvalue weighted by atomic mass is 16.5. The van der Waals surface area contributed by atoms with Crippen molar-refractivity contribution in [2.75, 3.05) is 27.7 Å². The lowest BCUT2D eigenvalue weighted by Gasteiger charge is -2.25. The van der Waals surface area contributed by atoms with E-state index in [9.17, 15) is 4.79 Å². The first kappa shape index (κ1) is 17.0. The smallest absolute Gasteiger partial charge is 0.237 e. The molecule has 1 aromatic carbocycles. The number of carbonyl (C=O) groups excluding carboxylic acids is 1. The monoisotopic (exact) mass is 289 g/mol. The van der Waals surface area contributed by atoms with E-state index in [-0.39, 0.29) is 11.9 Å². The summed E-state index contributed by atoms with van der Waals surface area (Å²) in [6.45, 7) is 2.29. The lowest BCUT2D eigenvalue weighted by Crippen LogP contribution is -2.37. The van der Waals surface area contributed by atoms with Crippen LogP contribution >= 0.6 is 0 Å². The van der Waals surface area contributed by atoms with Crippen molar-refractivity contribution >= 4 is 5.91 Å². The normalized spacial score (nSPS) is 13.3. The molecule has 0 fully saturated rings. The van der Waals surface area contributed by atoms with Gasteiger partial charge in [0, 0.05) is 6.54 Å². The van der Waals surface area contributed by atoms with Gasteiger partial charge in [-0.05, 0) is 38.2 Å². The van der Waals surface area contributed by atoms with E-state index in [1.165, 1.54) is 0 Å². The zero-order chi connectivity index (χ0) is 15.8. The first-order valence-electron chi connectivity index (χ1n) is 7.01. The Balaban J connectivity index is 2.79. The molecule has 114 valence electrons. The second kappa shape index (κ2) is 8.28. The molecule has 1 aromatic rings. The van der Waals surface area contributed by atoms with Crippen LogP contribution < -0.4 is 10.1 Å². The Morgan fingerprint density at radius 2 is 2.19 bits per heavy atom. The van der Waals surface area contributed by atoms with Crippen LogP contribution in [-0.4, -0.2) is 38.6 Å². The number of carbonyl (C=O) groups is 1. The fourth-order valence-electron chi connectivity index (χ4n) is 2.10. The molecule has 0 radical (unpaired) electrons. The number of nitrogens with one attached hydrogen (secondary N) is 1. The van der Waals surface area contributed by atoms with Crippen LogP contribution in [0.25, 0.3) is 0 Å². The van der Waals surface area contributed by atoms with Crippen molar-refractivity contribution in [1.29, 1.82) is 5.26 Å². The molecule has 0 saturated heterocycles. The summed E-state index contributed by atoms with van der Waals surface area (Å²) in [6.07, 6.45) is 0.522. The van der Waals surface area contributed by atoms with Crippen molar-refractivity contribution in [2.45, 2.75) is 19.4 Å². The van der Waals surface area contributed by atoms with Gasteiger partial charge in [0.05, 0.1) is 19.2 Å². The predicted octanol–water partition coefficient (Wildman–Crippen LogP) is 1.96. The van der Waals surface area contributed by atoms with Gasteiger partial charge in [-0.25, -0.2) is 0 Å². The average molecular weight is 289 g/mol. The second-order valence-electron chi connectivity index (χ2n) is 5.09. The van der Waals surface area contributed by atoms with Crippen molar-refractivity contribution in [1.82, 2.24) is 10.2 Å². The number of hydrogen-bond donors (Lipinski definition) is 1. The molecule has 1 rings (SSSR count). The summed E-state index contributed by atoms with van der Waals surface area (Å²) in [5.74, 6) is -0.0120. The molecule has 2 atom stereocenters. The van der Waals surface area contributed by atoms with Crippen molar-refractivity contribution < 1.29 is 9.53 Å². The third-order valence-electron chi connectivity index (χ3n) is 3.45. The molecule has 5 heteroatoms. The Kier molecular flexibility index (Phi) is 6.70. The maximum atomic E-state index is 11.9. The third kappa shape index (κ3) is 4.76. The highest BCUT2D eigenvalue weighted by molar-refractivity contribution is 5.80. The van der Waals surface area contributed by atoms with Gasteiger partial charge in [-0.1, -0.05) is 19.1 Å². The quantitative estimate of drug-likeness (QED) is 0.833. The summed E-state index contributed by atoms with van der Waals surface area (Å²) in [4.78, 5) is 13.9. The van der Waals surface area contributed by atoms with E-state index in [1.54, 1.807) is 7.11 Å². The fraction of sp³-hybridized carbons (Fsp3) is 0.500. The minimum Gasteiger partial charge on any atom is -0.497 e. The van der Waals surface area contributed by atoms with Gasteiger partial charge in [-0.3, -0.25) is 4.79 Å². The van der Waals surface area contributed by atoms with Crippen LogP contribution in [0.2, 0.25) is 0 Å². The van der Waals surface area contributed by atoms with Gasteiger partial charge in [0.15, 0.2) is 0 Å². The molecular weight excluding hydrogens is 266 g/mol. The Morgan fingerprint density at radius 3 is 2.71 bits per heavy atom. The molecule has 0 aliphatic carbocycles. The molecule has 21 heavy (non-hydrogen) atoms. The number of benzene rings is 1. The van der Waals surface area contributed by atoms with Gasteiger partial charge in [-0.2, -0.15) is 5.26 Å². The lowest BCUT2D eigenvalue weighted by atomic mass is 10.0. The van der Waals surface area contributed by atoms with Crippen molar-refractivity contribution in [3.8, 4) is 11.8 Å². The zero-order valence-electron chi connectivity index (χ0n) is 13.1. The lowest BCUT2D eigenvalue weighted by molar-refractivity contribution is -0.123. The van der Waals surface area contributed by atoms with E-state index in [0.29, 0.717) is 13.0 Å². The highest BCUT2D eigenvalue weighted by Crippen LogP contribution is 2.22. The van der Waals surface area contributed by atoms with Gasteiger partial charge in [0.1, 0.15) is 11.7 Å². The van der Waals surface area contributed by atoms with Crippen molar-refractivity contribution in [3.05, 3.63) is 29.8 Å². The standard InChI is InChI=1S/C16H23N3O2/c1-5-12(10-17)16(20)18-11-15(19(2)3)13-7-6-8-14(9-13)21-4/h6-9,12,15H,5,11H2,1-4H3,(H,18,20). The number of rotatable bonds is 7. The van der Waals surface area contributed by atoms with E-state index in [0.717, 1.165) is 11.3 Å². The zero-order valence-corrected chi connectivity index (χ0v) is 13.1. The molecule has 2 unspecified atom stereocenters. The highest BCUT2D eigenvalue weighted by Gasteiger charge is 2.19. The van der Waals surface area contributed by atoms with Gasteiger partial charge >= 0.3 is 0 Å². The molecule has 0 aromatic heterocycles. The Morgan fingerprint density at radius 1 is 1.48 bits per heavy atom. The SMILES string of the molecule is CCC(C#N)C(=O)NCC(c1cccc(OC)c1)N(C)C. The van der Waals surface area contributed by atoms with Crippen LogP contribution in [0.4, 0.5) is 0 Å². The van der Waals surface area contributed by atoms with Crippen molar-refractivity contribution in [2.24, 2.45) is 5.92 Å². The van der Waals surface area contributed by atoms with Gasteiger partial charge in [-0.15, -0.1) is 0 Å². The molecule has 0 aliphatic rings. The van der Waals surface area contributed by atoms with E-state index in [2.05, 4.69) is 5.32 Å². The number of nitrogens with zero attached hydrogens (tertiary/aromatic N) is 2. The van der Waals surface area contributed by atoms with Gasteiger partial charge < -0.3 is 15.0 Å². The van der Waals surface area contributed by atoms with E-state index in [4.69, 9.17) is 10.00 Å². The minimum atomic E-state index is -0.585. The van der Waals surface area contributed by atoms with Crippen LogP contribution in [0.3, 0.4) is 0 Å². The molecule has 5 nitrogen and oxygen atoms in total. The van der Waals surface area contributed by atoms with E-state index < -0.39 is 5.92 Å². The Hall–Kier alpha value is -2.06. The molecular formula is C16H23N3O2. The van der Waals surface area contributed by atoms with Crippen LogP contribution in [0.15, 0.2) is 24.3 Å². The predicted molar refractivity (Wildman–Crippen MR) is 81.8 cm³/mol. The summed E-state index contributed by atoms with van der Waals surface area (Å²) in [7, 11) is 5.54. The fourth-order valence-corrected chi connectivity index (χ4v) is 2.10. The molecule has 0 spiro atoms. The van der Waals surface area contributed by atoms with Crippen LogP contribution in [0.1, 0.15) is 24.9 Å². The first-order valence-corrected chi connectivity index (χ1v) is 7.01. The minimum absolute atomic E-state index is 0.0280. The summed E-state index contributed by atoms with van der Waals surface area (Å²) in [5.41, 5.74) is 1.06. The molecule has 1 N–H and O–H groups in total. The summed E-state index contributed by atoms with van der Waals surface area (Å²) in [6, 6.07) is 9.82. The summed E-state index contributed by atoms with van der Waals surface area (Å²) < 4.78 is 5.23. The van der Waals surface area contributed by atoms with Crippen LogP contribution in [-0.2, 0) is 4.79 Å². The largest absolute Gasteiger partial charge is 0.497 e. The van der Waals surface area contributed by atoms with E-state index in [1.807, 2.05) is 56.3 Å².